The molecule has 1 aromatic carbocycles. The van der Waals surface area contributed by atoms with Crippen LogP contribution >= 0.6 is 0 Å². The minimum atomic E-state index is -0.0901. The summed E-state index contributed by atoms with van der Waals surface area (Å²) in [6, 6.07) is 10.7. The first-order chi connectivity index (χ1) is 12.7. The first-order valence-electron chi connectivity index (χ1n) is 10.1. The number of hydrogen-bond acceptors (Lipinski definition) is 2. The van der Waals surface area contributed by atoms with E-state index in [0.29, 0.717) is 25.4 Å². The van der Waals surface area contributed by atoms with Gasteiger partial charge in [0.2, 0.25) is 5.91 Å². The summed E-state index contributed by atoms with van der Waals surface area (Å²) in [6.07, 6.45) is 9.15. The molecule has 0 bridgehead atoms. The minimum absolute atomic E-state index is 0.0901. The minimum Gasteiger partial charge on any atom is -0.338 e. The number of carbonyl (C=O) groups excluding carboxylic acids is 2. The highest BCUT2D eigenvalue weighted by Crippen LogP contribution is 2.32. The van der Waals surface area contributed by atoms with Gasteiger partial charge in [-0.05, 0) is 37.7 Å². The van der Waals surface area contributed by atoms with Crippen LogP contribution in [0.1, 0.15) is 69.4 Å². The average Bonchev–Trinajstić information content (AvgIpc) is 3.16. The van der Waals surface area contributed by atoms with Crippen LogP contribution in [-0.2, 0) is 4.79 Å². The van der Waals surface area contributed by atoms with Crippen LogP contribution in [0.25, 0.3) is 0 Å². The molecule has 142 valence electrons. The van der Waals surface area contributed by atoms with E-state index in [-0.39, 0.29) is 18.0 Å². The van der Waals surface area contributed by atoms with Crippen LogP contribution in [0.15, 0.2) is 30.3 Å². The summed E-state index contributed by atoms with van der Waals surface area (Å²) in [7, 11) is 0. The van der Waals surface area contributed by atoms with Crippen molar-refractivity contribution in [2.24, 2.45) is 0 Å². The first kappa shape index (κ1) is 18.7. The summed E-state index contributed by atoms with van der Waals surface area (Å²) in [6.45, 7) is 1.39. The molecule has 1 aromatic rings. The summed E-state index contributed by atoms with van der Waals surface area (Å²) in [5, 5.41) is 5.94. The lowest BCUT2D eigenvalue weighted by Gasteiger charge is -2.25. The first-order valence-corrected chi connectivity index (χ1v) is 10.1. The van der Waals surface area contributed by atoms with Crippen molar-refractivity contribution in [1.29, 1.82) is 0 Å². The van der Waals surface area contributed by atoms with Crippen molar-refractivity contribution in [3.8, 4) is 0 Å². The van der Waals surface area contributed by atoms with Crippen molar-refractivity contribution in [1.82, 2.24) is 15.5 Å². The number of benzene rings is 1. The lowest BCUT2D eigenvalue weighted by atomic mass is 9.96. The van der Waals surface area contributed by atoms with E-state index in [0.717, 1.165) is 32.2 Å². The lowest BCUT2D eigenvalue weighted by molar-refractivity contribution is -0.132. The third-order valence-corrected chi connectivity index (χ3v) is 5.55. The van der Waals surface area contributed by atoms with Gasteiger partial charge in [-0.2, -0.15) is 0 Å². The summed E-state index contributed by atoms with van der Waals surface area (Å²) in [5.41, 5.74) is 1.23. The van der Waals surface area contributed by atoms with Gasteiger partial charge in [0.15, 0.2) is 0 Å². The van der Waals surface area contributed by atoms with Gasteiger partial charge in [-0.15, -0.1) is 0 Å². The highest BCUT2D eigenvalue weighted by molar-refractivity contribution is 5.77. The second-order valence-electron chi connectivity index (χ2n) is 7.49. The van der Waals surface area contributed by atoms with Crippen molar-refractivity contribution >= 4 is 11.9 Å². The second kappa shape index (κ2) is 9.60. The fourth-order valence-corrected chi connectivity index (χ4v) is 4.16. The van der Waals surface area contributed by atoms with Gasteiger partial charge in [0.25, 0.3) is 0 Å². The monoisotopic (exact) mass is 357 g/mol. The molecule has 3 rings (SSSR count). The largest absolute Gasteiger partial charge is 0.338 e. The molecular weight excluding hydrogens is 326 g/mol. The maximum atomic E-state index is 12.6. The van der Waals surface area contributed by atoms with Gasteiger partial charge in [0.05, 0.1) is 6.04 Å². The Morgan fingerprint density at radius 2 is 1.77 bits per heavy atom. The predicted octanol–water partition coefficient (Wildman–Crippen LogP) is 3.76. The fraction of sp³-hybridized carbons (Fsp3) is 0.619. The van der Waals surface area contributed by atoms with Gasteiger partial charge in [-0.25, -0.2) is 4.79 Å². The molecule has 0 aromatic heterocycles. The maximum absolute atomic E-state index is 12.6. The molecular formula is C21H31N3O2. The molecule has 1 aliphatic carbocycles. The van der Waals surface area contributed by atoms with Crippen LogP contribution in [-0.4, -0.2) is 36.0 Å². The van der Waals surface area contributed by atoms with Crippen molar-refractivity contribution in [2.75, 3.05) is 13.1 Å². The summed E-state index contributed by atoms with van der Waals surface area (Å²) in [4.78, 5) is 26.5. The van der Waals surface area contributed by atoms with Gasteiger partial charge < -0.3 is 15.5 Å². The van der Waals surface area contributed by atoms with E-state index in [1.807, 2.05) is 23.1 Å². The second-order valence-corrected chi connectivity index (χ2v) is 7.49. The summed E-state index contributed by atoms with van der Waals surface area (Å²) >= 11 is 0. The molecule has 1 aliphatic heterocycles. The number of urea groups is 1. The van der Waals surface area contributed by atoms with E-state index >= 15 is 0 Å². The average molecular weight is 357 g/mol. The number of carbonyl (C=O) groups is 2. The van der Waals surface area contributed by atoms with E-state index in [1.54, 1.807) is 0 Å². The number of likely N-dealkylation sites (tertiary alicyclic amines) is 1. The third kappa shape index (κ3) is 5.23. The molecule has 2 fully saturated rings. The molecule has 0 radical (unpaired) electrons. The SMILES string of the molecule is O=C(NCCCC(=O)N1CCCC1c1ccccc1)NC1CCCCC1. The lowest BCUT2D eigenvalue weighted by Crippen LogP contribution is -2.43. The van der Waals surface area contributed by atoms with Gasteiger partial charge in [-0.3, -0.25) is 4.79 Å². The molecule has 0 spiro atoms. The number of rotatable bonds is 6. The van der Waals surface area contributed by atoms with Gasteiger partial charge >= 0.3 is 6.03 Å². The Morgan fingerprint density at radius 1 is 1.00 bits per heavy atom. The number of nitrogens with zero attached hydrogens (tertiary/aromatic N) is 1. The van der Waals surface area contributed by atoms with E-state index in [1.165, 1.54) is 24.8 Å². The van der Waals surface area contributed by atoms with Gasteiger partial charge in [-0.1, -0.05) is 49.6 Å². The van der Waals surface area contributed by atoms with Crippen molar-refractivity contribution in [3.63, 3.8) is 0 Å². The molecule has 5 heteroatoms. The molecule has 3 amide bonds. The molecule has 2 aliphatic rings. The smallest absolute Gasteiger partial charge is 0.315 e. The third-order valence-electron chi connectivity index (χ3n) is 5.55. The van der Waals surface area contributed by atoms with E-state index in [9.17, 15) is 9.59 Å². The number of hydrogen-bond donors (Lipinski definition) is 2. The van der Waals surface area contributed by atoms with Crippen molar-refractivity contribution in [2.45, 2.75) is 69.9 Å². The highest BCUT2D eigenvalue weighted by Gasteiger charge is 2.29. The predicted molar refractivity (Wildman–Crippen MR) is 103 cm³/mol. The van der Waals surface area contributed by atoms with Crippen LogP contribution in [0, 0.1) is 0 Å². The Kier molecular flexibility index (Phi) is 6.92. The number of amides is 3. The van der Waals surface area contributed by atoms with E-state index < -0.39 is 0 Å². The normalized spacial score (nSPS) is 20.8. The molecule has 5 nitrogen and oxygen atoms in total. The van der Waals surface area contributed by atoms with Gasteiger partial charge in [0, 0.05) is 25.6 Å². The van der Waals surface area contributed by atoms with Gasteiger partial charge in [0.1, 0.15) is 0 Å². The molecule has 1 saturated heterocycles. The maximum Gasteiger partial charge on any atom is 0.315 e. The molecule has 1 saturated carbocycles. The van der Waals surface area contributed by atoms with Crippen LogP contribution in [0.2, 0.25) is 0 Å². The quantitative estimate of drug-likeness (QED) is 0.762. The Balaban J connectivity index is 1.36. The van der Waals surface area contributed by atoms with Crippen molar-refractivity contribution < 1.29 is 9.59 Å². The summed E-state index contributed by atoms with van der Waals surface area (Å²) in [5.74, 6) is 0.200. The zero-order valence-corrected chi connectivity index (χ0v) is 15.6. The Morgan fingerprint density at radius 3 is 2.54 bits per heavy atom. The molecule has 1 heterocycles. The highest BCUT2D eigenvalue weighted by atomic mass is 16.2. The Bertz CT molecular complexity index is 584. The Labute approximate surface area is 156 Å². The summed E-state index contributed by atoms with van der Waals surface area (Å²) < 4.78 is 0. The van der Waals surface area contributed by atoms with E-state index in [2.05, 4.69) is 22.8 Å². The molecule has 2 N–H and O–H groups in total. The van der Waals surface area contributed by atoms with E-state index in [4.69, 9.17) is 0 Å². The Hall–Kier alpha value is -2.04. The zero-order valence-electron chi connectivity index (χ0n) is 15.6. The number of nitrogens with one attached hydrogen (secondary N) is 2. The zero-order chi connectivity index (χ0) is 18.2. The molecule has 1 unspecified atom stereocenters. The van der Waals surface area contributed by atoms with Crippen LogP contribution in [0.4, 0.5) is 4.79 Å². The fourth-order valence-electron chi connectivity index (χ4n) is 4.16. The standard InChI is InChI=1S/C21H31N3O2/c25-20(24-16-8-13-19(24)17-9-3-1-4-10-17)14-7-15-22-21(26)23-18-11-5-2-6-12-18/h1,3-4,9-10,18-19H,2,5-8,11-16H2,(H2,22,23,26). The van der Waals surface area contributed by atoms with Crippen molar-refractivity contribution in [3.05, 3.63) is 35.9 Å². The van der Waals surface area contributed by atoms with Crippen LogP contribution in [0.3, 0.4) is 0 Å². The molecule has 1 atom stereocenters. The van der Waals surface area contributed by atoms with Crippen LogP contribution < -0.4 is 10.6 Å². The molecule has 26 heavy (non-hydrogen) atoms. The topological polar surface area (TPSA) is 61.4 Å². The van der Waals surface area contributed by atoms with Crippen LogP contribution in [0.5, 0.6) is 0 Å².